The second-order valence-corrected chi connectivity index (χ2v) is 6.31. The molecular formula is C17H21N7. The van der Waals surface area contributed by atoms with Gasteiger partial charge in [-0.05, 0) is 31.4 Å². The number of benzene rings is 1. The van der Waals surface area contributed by atoms with Crippen molar-refractivity contribution in [3.05, 3.63) is 52.9 Å². The summed E-state index contributed by atoms with van der Waals surface area (Å²) in [6.07, 6.45) is 1.61. The van der Waals surface area contributed by atoms with Gasteiger partial charge in [-0.25, -0.2) is 4.98 Å². The molecule has 3 aromatic rings. The van der Waals surface area contributed by atoms with Gasteiger partial charge in [0.2, 0.25) is 5.95 Å². The molecule has 0 aliphatic carbocycles. The Bertz CT molecular complexity index is 863. The smallest absolute Gasteiger partial charge is 0.227 e. The van der Waals surface area contributed by atoms with Crippen LogP contribution in [0.1, 0.15) is 41.6 Å². The summed E-state index contributed by atoms with van der Waals surface area (Å²) in [6.45, 7) is 5.07. The predicted octanol–water partition coefficient (Wildman–Crippen LogP) is 1.96. The number of nitrogens with zero attached hydrogens (tertiary/aromatic N) is 6. The lowest BCUT2D eigenvalue weighted by atomic mass is 9.94. The van der Waals surface area contributed by atoms with Crippen molar-refractivity contribution in [3.8, 4) is 0 Å². The maximum Gasteiger partial charge on any atom is 0.227 e. The summed E-state index contributed by atoms with van der Waals surface area (Å²) in [4.78, 5) is 6.67. The van der Waals surface area contributed by atoms with Crippen molar-refractivity contribution in [2.75, 3.05) is 11.4 Å². The molecule has 0 spiro atoms. The summed E-state index contributed by atoms with van der Waals surface area (Å²) in [5, 5.41) is 15.9. The summed E-state index contributed by atoms with van der Waals surface area (Å²) in [5.41, 5.74) is 2.80. The maximum atomic E-state index is 4.44. The molecule has 0 radical (unpaired) electrons. The number of anilines is 1. The van der Waals surface area contributed by atoms with E-state index in [1.807, 2.05) is 14.0 Å². The fourth-order valence-corrected chi connectivity index (χ4v) is 3.41. The molecule has 0 fully saturated rings. The molecule has 1 aliphatic heterocycles. The third-order valence-electron chi connectivity index (χ3n) is 4.75. The lowest BCUT2D eigenvalue weighted by molar-refractivity contribution is 0.595. The first kappa shape index (κ1) is 14.9. The van der Waals surface area contributed by atoms with Crippen LogP contribution in [-0.4, -0.2) is 36.5 Å². The number of hydrogen-bond acceptors (Lipinski definition) is 5. The fourth-order valence-electron chi connectivity index (χ4n) is 3.41. The van der Waals surface area contributed by atoms with Gasteiger partial charge in [-0.2, -0.15) is 5.10 Å². The third-order valence-corrected chi connectivity index (χ3v) is 4.75. The highest BCUT2D eigenvalue weighted by molar-refractivity contribution is 5.44. The second kappa shape index (κ2) is 5.74. The molecule has 1 unspecified atom stereocenters. The van der Waals surface area contributed by atoms with E-state index in [0.717, 1.165) is 36.4 Å². The number of H-pyrrole nitrogens is 1. The van der Waals surface area contributed by atoms with Crippen LogP contribution in [-0.2, 0) is 19.9 Å². The Morgan fingerprint density at radius 3 is 2.88 bits per heavy atom. The average molecular weight is 323 g/mol. The van der Waals surface area contributed by atoms with E-state index in [-0.39, 0.29) is 6.04 Å². The molecule has 1 aliphatic rings. The van der Waals surface area contributed by atoms with Crippen LogP contribution in [0.25, 0.3) is 0 Å². The van der Waals surface area contributed by atoms with Crippen molar-refractivity contribution in [1.29, 1.82) is 0 Å². The van der Waals surface area contributed by atoms with Gasteiger partial charge in [0.25, 0.3) is 0 Å². The minimum atomic E-state index is 0.288. The Morgan fingerprint density at radius 2 is 2.08 bits per heavy atom. The van der Waals surface area contributed by atoms with Gasteiger partial charge < -0.3 is 9.47 Å². The summed E-state index contributed by atoms with van der Waals surface area (Å²) in [5.74, 6) is 3.33. The van der Waals surface area contributed by atoms with Crippen molar-refractivity contribution < 1.29 is 0 Å². The number of hydrogen-bond donors (Lipinski definition) is 1. The first-order valence-corrected chi connectivity index (χ1v) is 8.24. The quantitative estimate of drug-likeness (QED) is 0.797. The molecule has 7 heteroatoms. The lowest BCUT2D eigenvalue weighted by Crippen LogP contribution is -2.35. The number of aromatic nitrogens is 6. The van der Waals surface area contributed by atoms with E-state index in [0.29, 0.717) is 6.42 Å². The minimum absolute atomic E-state index is 0.288. The van der Waals surface area contributed by atoms with Gasteiger partial charge in [-0.3, -0.25) is 5.10 Å². The van der Waals surface area contributed by atoms with Crippen LogP contribution in [0.15, 0.2) is 24.3 Å². The zero-order valence-corrected chi connectivity index (χ0v) is 14.2. The summed E-state index contributed by atoms with van der Waals surface area (Å²) < 4.78 is 2.05. The van der Waals surface area contributed by atoms with E-state index >= 15 is 0 Å². The van der Waals surface area contributed by atoms with E-state index in [2.05, 4.69) is 66.0 Å². The number of aryl methyl sites for hydroxylation is 1. The Morgan fingerprint density at radius 1 is 1.25 bits per heavy atom. The Kier molecular flexibility index (Phi) is 3.55. The largest absolute Gasteiger partial charge is 0.334 e. The van der Waals surface area contributed by atoms with Crippen molar-refractivity contribution in [1.82, 2.24) is 29.9 Å². The summed E-state index contributed by atoms with van der Waals surface area (Å²) in [7, 11) is 2.01. The molecule has 0 amide bonds. The number of aromatic amines is 1. The molecule has 124 valence electrons. The van der Waals surface area contributed by atoms with Crippen molar-refractivity contribution in [3.63, 3.8) is 0 Å². The van der Waals surface area contributed by atoms with Crippen molar-refractivity contribution in [2.45, 2.75) is 32.7 Å². The Balaban J connectivity index is 1.61. The van der Waals surface area contributed by atoms with Crippen LogP contribution < -0.4 is 4.90 Å². The molecule has 24 heavy (non-hydrogen) atoms. The Labute approximate surface area is 140 Å². The van der Waals surface area contributed by atoms with Gasteiger partial charge in [0, 0.05) is 13.6 Å². The second-order valence-electron chi connectivity index (χ2n) is 6.31. The molecule has 0 saturated heterocycles. The standard InChI is InChI=1S/C17H21N7/c1-11-14-7-5-4-6-13(14)8-9-24(11)17-22-21-16(23(17)3)10-15-18-12(2)19-20-15/h4-7,11H,8-10H2,1-3H3,(H,18,19,20). The van der Waals surface area contributed by atoms with Gasteiger partial charge in [0.15, 0.2) is 5.82 Å². The van der Waals surface area contributed by atoms with E-state index in [4.69, 9.17) is 0 Å². The SMILES string of the molecule is Cc1nc(Cc2nnc(N3CCc4ccccc4C3C)n2C)n[nH]1. The van der Waals surface area contributed by atoms with Crippen LogP contribution in [0, 0.1) is 6.92 Å². The zero-order chi connectivity index (χ0) is 16.7. The van der Waals surface area contributed by atoms with E-state index in [1.54, 1.807) is 0 Å². The molecule has 0 saturated carbocycles. The van der Waals surface area contributed by atoms with Gasteiger partial charge >= 0.3 is 0 Å². The first-order valence-electron chi connectivity index (χ1n) is 8.24. The topological polar surface area (TPSA) is 75.5 Å². The van der Waals surface area contributed by atoms with Crippen LogP contribution in [0.3, 0.4) is 0 Å². The predicted molar refractivity (Wildman–Crippen MR) is 90.8 cm³/mol. The molecule has 4 rings (SSSR count). The minimum Gasteiger partial charge on any atom is -0.334 e. The molecule has 3 heterocycles. The summed E-state index contributed by atoms with van der Waals surface area (Å²) in [6, 6.07) is 8.93. The van der Waals surface area contributed by atoms with Crippen LogP contribution in [0.4, 0.5) is 5.95 Å². The normalized spacial score (nSPS) is 17.1. The van der Waals surface area contributed by atoms with Gasteiger partial charge in [0.05, 0.1) is 12.5 Å². The van der Waals surface area contributed by atoms with E-state index in [9.17, 15) is 0 Å². The molecule has 0 bridgehead atoms. The number of nitrogens with one attached hydrogen (secondary N) is 1. The highest BCUT2D eigenvalue weighted by Gasteiger charge is 2.27. The molecular weight excluding hydrogens is 302 g/mol. The molecule has 1 atom stereocenters. The number of rotatable bonds is 3. The van der Waals surface area contributed by atoms with Gasteiger partial charge in [0.1, 0.15) is 11.6 Å². The zero-order valence-electron chi connectivity index (χ0n) is 14.2. The number of fused-ring (bicyclic) bond motifs is 1. The lowest BCUT2D eigenvalue weighted by Gasteiger charge is -2.35. The molecule has 2 aromatic heterocycles. The molecule has 1 N–H and O–H groups in total. The van der Waals surface area contributed by atoms with E-state index < -0.39 is 0 Å². The fraction of sp³-hybridized carbons (Fsp3) is 0.412. The van der Waals surface area contributed by atoms with E-state index in [1.165, 1.54) is 11.1 Å². The Hall–Kier alpha value is -2.70. The molecule has 1 aromatic carbocycles. The highest BCUT2D eigenvalue weighted by atomic mass is 15.4. The van der Waals surface area contributed by atoms with Crippen LogP contribution in [0.5, 0.6) is 0 Å². The average Bonchev–Trinajstić information content (AvgIpc) is 3.15. The summed E-state index contributed by atoms with van der Waals surface area (Å²) >= 11 is 0. The highest BCUT2D eigenvalue weighted by Crippen LogP contribution is 2.32. The van der Waals surface area contributed by atoms with Gasteiger partial charge in [-0.1, -0.05) is 24.3 Å². The van der Waals surface area contributed by atoms with Gasteiger partial charge in [-0.15, -0.1) is 10.2 Å². The maximum absolute atomic E-state index is 4.44. The van der Waals surface area contributed by atoms with Crippen molar-refractivity contribution in [2.24, 2.45) is 7.05 Å². The third kappa shape index (κ3) is 2.46. The first-order chi connectivity index (χ1) is 11.6. The van der Waals surface area contributed by atoms with Crippen LogP contribution in [0.2, 0.25) is 0 Å². The van der Waals surface area contributed by atoms with Crippen molar-refractivity contribution >= 4 is 5.95 Å². The molecule has 7 nitrogen and oxygen atoms in total. The monoisotopic (exact) mass is 323 g/mol. The van der Waals surface area contributed by atoms with Crippen LogP contribution >= 0.6 is 0 Å².